The van der Waals surface area contributed by atoms with Crippen LogP contribution in [0.3, 0.4) is 0 Å². The second-order valence-corrected chi connectivity index (χ2v) is 7.62. The van der Waals surface area contributed by atoms with Crippen LogP contribution in [0, 0.1) is 11.3 Å². The van der Waals surface area contributed by atoms with Gasteiger partial charge in [0.1, 0.15) is 0 Å². The van der Waals surface area contributed by atoms with Gasteiger partial charge >= 0.3 is 0 Å². The van der Waals surface area contributed by atoms with Crippen LogP contribution in [-0.4, -0.2) is 5.11 Å². The van der Waals surface area contributed by atoms with Crippen LogP contribution in [0.5, 0.6) is 0 Å². The number of halogens is 2. The van der Waals surface area contributed by atoms with Crippen LogP contribution in [0.4, 0.5) is 0 Å². The Hall–Kier alpha value is -0.240. The van der Waals surface area contributed by atoms with Gasteiger partial charge in [-0.15, -0.1) is 0 Å². The first kappa shape index (κ1) is 15.2. The van der Waals surface area contributed by atoms with Crippen LogP contribution in [0.25, 0.3) is 0 Å². The third-order valence-corrected chi connectivity index (χ3v) is 5.23. The van der Waals surface area contributed by atoms with Gasteiger partial charge in [0.25, 0.3) is 0 Å². The van der Waals surface area contributed by atoms with Gasteiger partial charge in [-0.05, 0) is 54.7 Å². The summed E-state index contributed by atoms with van der Waals surface area (Å²) in [5, 5.41) is 11.9. The first-order valence-electron chi connectivity index (χ1n) is 6.90. The average molecular weight is 301 g/mol. The van der Waals surface area contributed by atoms with Crippen molar-refractivity contribution in [1.29, 1.82) is 0 Å². The molecule has 19 heavy (non-hydrogen) atoms. The van der Waals surface area contributed by atoms with Crippen LogP contribution in [0.2, 0.25) is 10.0 Å². The van der Waals surface area contributed by atoms with Crippen molar-refractivity contribution in [3.05, 3.63) is 33.8 Å². The Morgan fingerprint density at radius 3 is 2.16 bits per heavy atom. The Labute approximate surface area is 125 Å². The summed E-state index contributed by atoms with van der Waals surface area (Å²) in [5.74, 6) is 0.676. The van der Waals surface area contributed by atoms with Gasteiger partial charge in [-0.2, -0.15) is 0 Å². The summed E-state index contributed by atoms with van der Waals surface area (Å²) in [6, 6.07) is 5.47. The Morgan fingerprint density at radius 2 is 1.68 bits per heavy atom. The van der Waals surface area contributed by atoms with E-state index in [0.29, 0.717) is 21.4 Å². The second kappa shape index (κ2) is 5.27. The van der Waals surface area contributed by atoms with E-state index < -0.39 is 5.60 Å². The van der Waals surface area contributed by atoms with Gasteiger partial charge in [0.15, 0.2) is 0 Å². The molecular formula is C16H22Cl2O. The Bertz CT molecular complexity index is 454. The lowest BCUT2D eigenvalue weighted by molar-refractivity contribution is -0.0297. The third-order valence-electron chi connectivity index (χ3n) is 4.49. The van der Waals surface area contributed by atoms with E-state index in [2.05, 4.69) is 20.8 Å². The molecule has 0 aromatic heterocycles. The predicted molar refractivity (Wildman–Crippen MR) is 81.8 cm³/mol. The van der Waals surface area contributed by atoms with Gasteiger partial charge in [-0.3, -0.25) is 0 Å². The molecule has 1 fully saturated rings. The van der Waals surface area contributed by atoms with Crippen LogP contribution in [-0.2, 0) is 5.60 Å². The smallest absolute Gasteiger partial charge is 0.0897 e. The summed E-state index contributed by atoms with van der Waals surface area (Å²) in [4.78, 5) is 0. The zero-order chi connectivity index (χ0) is 14.3. The van der Waals surface area contributed by atoms with Crippen molar-refractivity contribution in [1.82, 2.24) is 0 Å². The maximum atomic E-state index is 10.8. The van der Waals surface area contributed by atoms with Crippen molar-refractivity contribution in [3.63, 3.8) is 0 Å². The summed E-state index contributed by atoms with van der Waals surface area (Å²) >= 11 is 12.0. The highest BCUT2D eigenvalue weighted by Crippen LogP contribution is 2.46. The highest BCUT2D eigenvalue weighted by atomic mass is 35.5. The molecule has 0 heterocycles. The fraction of sp³-hybridized carbons (Fsp3) is 0.625. The minimum absolute atomic E-state index is 0.318. The van der Waals surface area contributed by atoms with E-state index in [4.69, 9.17) is 23.2 Å². The van der Waals surface area contributed by atoms with Gasteiger partial charge in [-0.25, -0.2) is 0 Å². The molecule has 0 bridgehead atoms. The maximum absolute atomic E-state index is 10.8. The maximum Gasteiger partial charge on any atom is 0.0897 e. The van der Waals surface area contributed by atoms with Gasteiger partial charge in [0, 0.05) is 0 Å². The average Bonchev–Trinajstić information content (AvgIpc) is 2.32. The monoisotopic (exact) mass is 300 g/mol. The number of hydrogen-bond acceptors (Lipinski definition) is 1. The Kier molecular flexibility index (Phi) is 4.21. The van der Waals surface area contributed by atoms with E-state index >= 15 is 0 Å². The number of hydrogen-bond donors (Lipinski definition) is 1. The molecule has 1 nitrogen and oxygen atoms in total. The molecule has 0 amide bonds. The molecule has 3 heteroatoms. The second-order valence-electron chi connectivity index (χ2n) is 6.80. The van der Waals surface area contributed by atoms with Crippen molar-refractivity contribution in [2.45, 2.75) is 52.1 Å². The van der Waals surface area contributed by atoms with Crippen LogP contribution in [0.15, 0.2) is 18.2 Å². The van der Waals surface area contributed by atoms with Crippen molar-refractivity contribution in [2.75, 3.05) is 0 Å². The third kappa shape index (κ3) is 3.26. The molecular weight excluding hydrogens is 279 g/mol. The molecule has 2 rings (SSSR count). The van der Waals surface area contributed by atoms with Crippen molar-refractivity contribution in [3.8, 4) is 0 Å². The lowest BCUT2D eigenvalue weighted by Gasteiger charge is -2.41. The first-order valence-corrected chi connectivity index (χ1v) is 7.66. The summed E-state index contributed by atoms with van der Waals surface area (Å²) in [6.07, 6.45) is 3.71. The lowest BCUT2D eigenvalue weighted by Crippen LogP contribution is -2.35. The number of benzene rings is 1. The van der Waals surface area contributed by atoms with Gasteiger partial charge < -0.3 is 5.11 Å². The van der Waals surface area contributed by atoms with Crippen molar-refractivity contribution < 1.29 is 5.11 Å². The van der Waals surface area contributed by atoms with E-state index in [1.54, 1.807) is 12.1 Å². The summed E-state index contributed by atoms with van der Waals surface area (Å²) in [6.45, 7) is 6.84. The number of rotatable bonds is 1. The Morgan fingerprint density at radius 1 is 1.11 bits per heavy atom. The van der Waals surface area contributed by atoms with Gasteiger partial charge in [0.05, 0.1) is 15.6 Å². The van der Waals surface area contributed by atoms with E-state index in [1.165, 1.54) is 0 Å². The predicted octanol–water partition coefficient (Wildman–Crippen LogP) is 5.42. The quantitative estimate of drug-likeness (QED) is 0.734. The minimum Gasteiger partial charge on any atom is -0.385 e. The fourth-order valence-electron chi connectivity index (χ4n) is 3.04. The highest BCUT2D eigenvalue weighted by molar-refractivity contribution is 6.42. The Balaban J connectivity index is 2.15. The molecule has 1 saturated carbocycles. The minimum atomic E-state index is -0.740. The van der Waals surface area contributed by atoms with E-state index in [0.717, 1.165) is 31.2 Å². The summed E-state index contributed by atoms with van der Waals surface area (Å²) in [7, 11) is 0. The lowest BCUT2D eigenvalue weighted by atomic mass is 9.67. The molecule has 0 radical (unpaired) electrons. The van der Waals surface area contributed by atoms with E-state index in [-0.39, 0.29) is 0 Å². The normalized spacial score (nSPS) is 28.4. The molecule has 0 spiro atoms. The van der Waals surface area contributed by atoms with Crippen LogP contribution < -0.4 is 0 Å². The first-order chi connectivity index (χ1) is 8.72. The molecule has 0 aliphatic heterocycles. The zero-order valence-electron chi connectivity index (χ0n) is 11.8. The summed E-state index contributed by atoms with van der Waals surface area (Å²) < 4.78 is 0. The standard InChI is InChI=1S/C16H22Cl2O/c1-15(2,3)11-6-8-16(19,9-7-11)12-4-5-13(17)14(18)10-12/h4-5,10-11,19H,6-9H2,1-3H3. The molecule has 0 saturated heterocycles. The fourth-order valence-corrected chi connectivity index (χ4v) is 3.33. The molecule has 1 N–H and O–H groups in total. The molecule has 1 aliphatic carbocycles. The molecule has 1 aromatic rings. The SMILES string of the molecule is CC(C)(C)C1CCC(O)(c2ccc(Cl)c(Cl)c2)CC1. The highest BCUT2D eigenvalue weighted by Gasteiger charge is 2.38. The van der Waals surface area contributed by atoms with Gasteiger partial charge in [0.2, 0.25) is 0 Å². The molecule has 1 aliphatic rings. The molecule has 106 valence electrons. The van der Waals surface area contributed by atoms with Crippen LogP contribution in [0.1, 0.15) is 52.0 Å². The number of aliphatic hydroxyl groups is 1. The molecule has 0 unspecified atom stereocenters. The van der Waals surface area contributed by atoms with Crippen LogP contribution >= 0.6 is 23.2 Å². The van der Waals surface area contributed by atoms with E-state index in [1.807, 2.05) is 6.07 Å². The summed E-state index contributed by atoms with van der Waals surface area (Å²) in [5.41, 5.74) is 0.476. The van der Waals surface area contributed by atoms with E-state index in [9.17, 15) is 5.11 Å². The zero-order valence-corrected chi connectivity index (χ0v) is 13.4. The van der Waals surface area contributed by atoms with Crippen molar-refractivity contribution in [2.24, 2.45) is 11.3 Å². The van der Waals surface area contributed by atoms with Crippen molar-refractivity contribution >= 4 is 23.2 Å². The molecule has 0 atom stereocenters. The topological polar surface area (TPSA) is 20.2 Å². The van der Waals surface area contributed by atoms with Gasteiger partial charge in [-0.1, -0.05) is 50.0 Å². The largest absolute Gasteiger partial charge is 0.385 e. The molecule has 1 aromatic carbocycles.